The van der Waals surface area contributed by atoms with Crippen LogP contribution in [-0.2, 0) is 48.2 Å². The molecule has 1 rings (SSSR count). The van der Waals surface area contributed by atoms with Crippen LogP contribution in [0.2, 0.25) is 0 Å². The number of aromatic nitrogens is 3. The molecule has 0 atom stereocenters. The van der Waals surface area contributed by atoms with Crippen LogP contribution in [-0.4, -0.2) is 51.4 Å². The van der Waals surface area contributed by atoms with Gasteiger partial charge in [-0.2, -0.15) is 0 Å². The van der Waals surface area contributed by atoms with Crippen molar-refractivity contribution in [3.63, 3.8) is 0 Å². The third-order valence-corrected chi connectivity index (χ3v) is 11.7. The molecule has 0 fully saturated rings. The van der Waals surface area contributed by atoms with Gasteiger partial charge in [0, 0.05) is 30.5 Å². The van der Waals surface area contributed by atoms with Crippen molar-refractivity contribution in [1.29, 1.82) is 0 Å². The fraction of sp³-hybridized carbons (Fsp3) is 0.838. The third-order valence-electron chi connectivity index (χ3n) is 11.7. The zero-order chi connectivity index (χ0) is 37.3. The zero-order valence-corrected chi connectivity index (χ0v) is 32.0. The molecular formula is C37H65N3O9. The van der Waals surface area contributed by atoms with Crippen molar-refractivity contribution >= 4 is 17.9 Å². The van der Waals surface area contributed by atoms with Crippen LogP contribution in [0.25, 0.3) is 0 Å². The van der Waals surface area contributed by atoms with Gasteiger partial charge >= 0.3 is 35.0 Å². The monoisotopic (exact) mass is 695 g/mol. The van der Waals surface area contributed by atoms with E-state index in [9.17, 15) is 28.8 Å². The van der Waals surface area contributed by atoms with Crippen LogP contribution in [0.15, 0.2) is 14.4 Å². The molecule has 1 aromatic heterocycles. The van der Waals surface area contributed by atoms with Crippen molar-refractivity contribution in [2.45, 2.75) is 165 Å². The molecule has 0 aliphatic heterocycles. The van der Waals surface area contributed by atoms with Gasteiger partial charge in [0.05, 0.1) is 39.1 Å². The maximum atomic E-state index is 13.5. The summed E-state index contributed by atoms with van der Waals surface area (Å²) in [7, 11) is 0. The normalized spacial score (nSPS) is 12.2. The second-order valence-corrected chi connectivity index (χ2v) is 13.5. The molecule has 0 saturated heterocycles. The Morgan fingerprint density at radius 1 is 0.449 bits per heavy atom. The first-order chi connectivity index (χ1) is 23.2. The van der Waals surface area contributed by atoms with Crippen LogP contribution in [0.5, 0.6) is 0 Å². The minimum Gasteiger partial charge on any atom is -0.466 e. The Bertz CT molecular complexity index is 1260. The number of carbonyl (C=O) groups excluding carboxylic acids is 3. The van der Waals surface area contributed by atoms with E-state index in [0.717, 1.165) is 71.5 Å². The van der Waals surface area contributed by atoms with Crippen LogP contribution in [0.3, 0.4) is 0 Å². The third kappa shape index (κ3) is 12.3. The lowest BCUT2D eigenvalue weighted by atomic mass is 9.77. The van der Waals surface area contributed by atoms with Crippen molar-refractivity contribution in [1.82, 2.24) is 13.7 Å². The lowest BCUT2D eigenvalue weighted by molar-refractivity contribution is -0.148. The van der Waals surface area contributed by atoms with E-state index < -0.39 is 35.0 Å². The second kappa shape index (κ2) is 21.1. The van der Waals surface area contributed by atoms with E-state index >= 15 is 0 Å². The number of ether oxygens (including phenoxy) is 3. The van der Waals surface area contributed by atoms with E-state index in [-0.39, 0.29) is 75.0 Å². The molecule has 0 N–H and O–H groups in total. The van der Waals surface area contributed by atoms with E-state index in [4.69, 9.17) is 14.2 Å². The molecule has 0 amide bonds. The fourth-order valence-corrected chi connectivity index (χ4v) is 6.32. The molecule has 0 radical (unpaired) electrons. The van der Waals surface area contributed by atoms with Crippen LogP contribution in [0.1, 0.15) is 146 Å². The average Bonchev–Trinajstić information content (AvgIpc) is 3.11. The number of hydrogen-bond acceptors (Lipinski definition) is 9. The zero-order valence-electron chi connectivity index (χ0n) is 32.0. The summed E-state index contributed by atoms with van der Waals surface area (Å²) in [5.74, 6) is -1.72. The van der Waals surface area contributed by atoms with Crippen molar-refractivity contribution < 1.29 is 28.6 Å². The highest BCUT2D eigenvalue weighted by atomic mass is 16.5. The second-order valence-electron chi connectivity index (χ2n) is 13.5. The summed E-state index contributed by atoms with van der Waals surface area (Å²) < 4.78 is 18.9. The summed E-state index contributed by atoms with van der Waals surface area (Å²) in [6.07, 6.45) is 7.78. The van der Waals surface area contributed by atoms with Gasteiger partial charge in [-0.3, -0.25) is 14.4 Å². The lowest BCUT2D eigenvalue weighted by Gasteiger charge is -2.30. The molecule has 0 bridgehead atoms. The average molecular weight is 696 g/mol. The first kappa shape index (κ1) is 43.8. The molecule has 0 spiro atoms. The SMILES string of the molecule is CCC(CC)(CC)CCOC(=O)CCn1c(=O)n(CCC(=O)OCC(CC)(CC)CC)c(=O)n(CCC(=O)OCC(CC)(CC)CC)c1=O. The van der Waals surface area contributed by atoms with E-state index in [0.29, 0.717) is 6.42 Å². The van der Waals surface area contributed by atoms with Gasteiger partial charge in [0.25, 0.3) is 0 Å². The van der Waals surface area contributed by atoms with Crippen molar-refractivity contribution in [3.05, 3.63) is 31.5 Å². The minimum atomic E-state index is -0.945. The van der Waals surface area contributed by atoms with Gasteiger partial charge in [0.2, 0.25) is 0 Å². The van der Waals surface area contributed by atoms with E-state index in [2.05, 4.69) is 20.8 Å². The van der Waals surface area contributed by atoms with E-state index in [1.165, 1.54) is 0 Å². The number of nitrogens with zero attached hydrogens (tertiary/aromatic N) is 3. The molecule has 0 aliphatic carbocycles. The molecule has 0 aromatic carbocycles. The van der Waals surface area contributed by atoms with Gasteiger partial charge in [-0.25, -0.2) is 28.1 Å². The summed E-state index contributed by atoms with van der Waals surface area (Å²) in [6, 6.07) is 0. The number of carbonyl (C=O) groups is 3. The molecule has 12 heteroatoms. The maximum absolute atomic E-state index is 13.5. The molecule has 49 heavy (non-hydrogen) atoms. The van der Waals surface area contributed by atoms with Crippen molar-refractivity contribution in [3.8, 4) is 0 Å². The minimum absolute atomic E-state index is 0.0823. The summed E-state index contributed by atoms with van der Waals surface area (Å²) in [5.41, 5.74) is -3.05. The Kier molecular flexibility index (Phi) is 18.9. The standard InChI is InChI=1S/C37H65N3O9/c1-10-35(11-2,12-3)22-26-47-29(41)19-23-38-32(44)39(24-20-30(42)48-27-36(13-4,14-5)15-6)34(46)40(33(38)45)25-21-31(43)49-28-37(16-7,17-8)18-9/h10-28H2,1-9H3. The quantitative estimate of drug-likeness (QED) is 0.0887. The topological polar surface area (TPSA) is 145 Å². The molecule has 12 nitrogen and oxygen atoms in total. The Labute approximate surface area is 292 Å². The Hall–Kier alpha value is -3.18. The molecule has 1 aromatic rings. The van der Waals surface area contributed by atoms with E-state index in [1.807, 2.05) is 41.5 Å². The molecule has 0 saturated carbocycles. The molecule has 282 valence electrons. The molecule has 0 unspecified atom stereocenters. The molecule has 0 aliphatic rings. The van der Waals surface area contributed by atoms with Crippen LogP contribution in [0.4, 0.5) is 0 Å². The molecule has 1 heterocycles. The Morgan fingerprint density at radius 2 is 0.714 bits per heavy atom. The molecular weight excluding hydrogens is 630 g/mol. The highest BCUT2D eigenvalue weighted by Gasteiger charge is 2.28. The largest absolute Gasteiger partial charge is 0.466 e. The fourth-order valence-electron chi connectivity index (χ4n) is 6.32. The van der Waals surface area contributed by atoms with Crippen LogP contribution < -0.4 is 17.1 Å². The van der Waals surface area contributed by atoms with Crippen LogP contribution >= 0.6 is 0 Å². The smallest absolute Gasteiger partial charge is 0.336 e. The maximum Gasteiger partial charge on any atom is 0.336 e. The number of rotatable bonds is 25. The predicted molar refractivity (Wildman–Crippen MR) is 190 cm³/mol. The summed E-state index contributed by atoms with van der Waals surface area (Å²) in [6.45, 7) is 18.3. The highest BCUT2D eigenvalue weighted by molar-refractivity contribution is 5.70. The lowest BCUT2D eigenvalue weighted by Crippen LogP contribution is -2.55. The Morgan fingerprint density at radius 3 is 0.980 bits per heavy atom. The van der Waals surface area contributed by atoms with Crippen molar-refractivity contribution in [2.75, 3.05) is 19.8 Å². The number of hydrogen-bond donors (Lipinski definition) is 0. The van der Waals surface area contributed by atoms with Gasteiger partial charge in [-0.1, -0.05) is 81.6 Å². The first-order valence-corrected chi connectivity index (χ1v) is 18.7. The van der Waals surface area contributed by atoms with Crippen LogP contribution in [0, 0.1) is 16.2 Å². The summed E-state index contributed by atoms with van der Waals surface area (Å²) in [5, 5.41) is 0. The number of esters is 3. The predicted octanol–water partition coefficient (Wildman–Crippen LogP) is 6.01. The summed E-state index contributed by atoms with van der Waals surface area (Å²) in [4.78, 5) is 78.5. The summed E-state index contributed by atoms with van der Waals surface area (Å²) >= 11 is 0. The van der Waals surface area contributed by atoms with Crippen molar-refractivity contribution in [2.24, 2.45) is 16.2 Å². The first-order valence-electron chi connectivity index (χ1n) is 18.7. The van der Waals surface area contributed by atoms with Gasteiger partial charge in [0.1, 0.15) is 0 Å². The van der Waals surface area contributed by atoms with Gasteiger partial charge < -0.3 is 14.2 Å². The Balaban J connectivity index is 3.26. The van der Waals surface area contributed by atoms with E-state index in [1.54, 1.807) is 0 Å². The van der Waals surface area contributed by atoms with Gasteiger partial charge in [-0.05, 0) is 50.4 Å². The van der Waals surface area contributed by atoms with Gasteiger partial charge in [0.15, 0.2) is 0 Å². The van der Waals surface area contributed by atoms with Gasteiger partial charge in [-0.15, -0.1) is 0 Å². The highest BCUT2D eigenvalue weighted by Crippen LogP contribution is 2.34.